The first-order valence-electron chi connectivity index (χ1n) is 32.9. The number of carbonyl (C=O) groups excluding carboxylic acids is 1. The van der Waals surface area contributed by atoms with Crippen molar-refractivity contribution in [2.75, 3.05) is 112 Å². The lowest BCUT2D eigenvalue weighted by Crippen LogP contribution is -2.68. The summed E-state index contributed by atoms with van der Waals surface area (Å²) < 4.78 is 116. The van der Waals surface area contributed by atoms with E-state index in [2.05, 4.69) is 5.32 Å². The Labute approximate surface area is 574 Å². The standard InChI is InChI=1S/C59H93NO41/c61-15-25-46-33(69)40(76)55(90-25)98-48-27(17-63)92-57(42(78)35(48)71)100-50-29(19-65)94-59(44(80)37(50)73)101-51-30(20-66)93-58(43(79)36(51)72)99-49-28(18-64)91-56(41(77)34(49)70)97-47-26(16-62)89-54(39(75)32(47)68)95-45-24(88-53(96-46)38(74)31(45)67)14-60-52(81)21-1-2-22-23(13-21)87-12-10-85-8-6-83-4-3-82-5-7-84-9-11-86-22/h1-2,13,24-51,53-59,61-80H,3-12,14-20H2,(H,60,81)/t24-,25-,26-,27-,28-,29-,30-,31-,32-,33-,34-,35-,36-,37-,38-,39-,40-,41-,42-,43-,44-,45-,46-,47-,48-,49-,50-,51-,53-,54-,55-,56-,57-,58-,59-/m1/s1. The van der Waals surface area contributed by atoms with Crippen molar-refractivity contribution in [2.24, 2.45) is 0 Å². The Morgan fingerprint density at radius 3 is 0.752 bits per heavy atom. The third kappa shape index (κ3) is 18.3. The van der Waals surface area contributed by atoms with E-state index in [4.69, 9.17) is 94.7 Å². The summed E-state index contributed by atoms with van der Waals surface area (Å²) in [6, 6.07) is 4.12. The molecule has 1 aromatic rings. The summed E-state index contributed by atoms with van der Waals surface area (Å²) in [5, 5.41) is 229. The average molecular weight is 1470 g/mol. The number of aliphatic hydroxyl groups excluding tert-OH is 20. The van der Waals surface area contributed by atoms with E-state index in [1.54, 1.807) is 0 Å². The predicted molar refractivity (Wildman–Crippen MR) is 314 cm³/mol. The van der Waals surface area contributed by atoms with Gasteiger partial charge in [-0.05, 0) is 18.2 Å². The zero-order valence-corrected chi connectivity index (χ0v) is 54.0. The SMILES string of the molecule is O=C(NC[C@H]1O[C@@H]2O[C@H]3[C@H](O)[C@@H](O)[C@@H](O[C@H]4[C@H](O)[C@@H](O)[C@@H](O[C@H]5[C@H](O)[C@@H](O)[C@@H](O[C@H]6[C@H](O)[C@@H](O)[C@@H](O[C@H]7[C@H](O)[C@@H](O)[C@@H](O[C@H]8[C@H](O)[C@@H](O)[C@@H](O[C@H]1[C@H](O)[C@H]2O)O[C@@H]8CO)O[C@@H]7CO)O[C@@H]6CO)O[C@@H]5CO)O[C@@H]4CO)O[C@@H]3CO)c1ccc2c(c1)OCCOCCOCCOCCOCCO2. The zero-order valence-electron chi connectivity index (χ0n) is 54.0. The number of ether oxygens (including phenoxy) is 20. The summed E-state index contributed by atoms with van der Waals surface area (Å²) in [5.74, 6) is -0.583. The molecule has 580 valence electrons. The Morgan fingerprint density at radius 2 is 0.505 bits per heavy atom. The number of benzene rings is 1. The van der Waals surface area contributed by atoms with E-state index in [0.717, 1.165) is 0 Å². The van der Waals surface area contributed by atoms with Crippen LogP contribution >= 0.6 is 0 Å². The molecule has 101 heavy (non-hydrogen) atoms. The third-order valence-corrected chi connectivity index (χ3v) is 18.4. The Hall–Kier alpha value is -3.23. The molecule has 42 heteroatoms. The van der Waals surface area contributed by atoms with Crippen LogP contribution in [-0.4, -0.2) is 435 Å². The number of nitrogens with one attached hydrogen (secondary N) is 1. The van der Waals surface area contributed by atoms with E-state index in [9.17, 15) is 107 Å². The van der Waals surface area contributed by atoms with E-state index < -0.39 is 267 Å². The molecule has 21 N–H and O–H groups in total. The van der Waals surface area contributed by atoms with Gasteiger partial charge in [-0.3, -0.25) is 4.79 Å². The van der Waals surface area contributed by atoms with Crippen LogP contribution in [0.3, 0.4) is 0 Å². The highest BCUT2D eigenvalue weighted by Crippen LogP contribution is 2.40. The second-order valence-electron chi connectivity index (χ2n) is 25.0. The van der Waals surface area contributed by atoms with Crippen LogP contribution in [0.1, 0.15) is 10.4 Å². The molecule has 1 aromatic carbocycles. The van der Waals surface area contributed by atoms with Crippen LogP contribution in [0.2, 0.25) is 0 Å². The van der Waals surface area contributed by atoms with Crippen LogP contribution in [0, 0.1) is 0 Å². The molecule has 22 aliphatic heterocycles. The van der Waals surface area contributed by atoms with Crippen molar-refractivity contribution in [3.05, 3.63) is 23.8 Å². The van der Waals surface area contributed by atoms with Gasteiger partial charge in [-0.1, -0.05) is 0 Å². The molecule has 0 radical (unpaired) electrons. The molecule has 0 saturated carbocycles. The highest BCUT2D eigenvalue weighted by Gasteiger charge is 2.60. The number of fused-ring (bicyclic) bond motifs is 1. The number of aliphatic hydroxyl groups is 20. The van der Waals surface area contributed by atoms with Gasteiger partial charge in [0.25, 0.3) is 5.91 Å². The normalized spacial score (nSPS) is 46.9. The van der Waals surface area contributed by atoms with Crippen molar-refractivity contribution in [2.45, 2.75) is 215 Å². The van der Waals surface area contributed by atoms with Gasteiger partial charge in [0.2, 0.25) is 0 Å². The van der Waals surface area contributed by atoms with Gasteiger partial charge in [-0.15, -0.1) is 0 Å². The Balaban J connectivity index is 0.931. The fraction of sp³-hybridized carbons (Fsp3) is 0.881. The lowest BCUT2D eigenvalue weighted by atomic mass is 9.95. The molecule has 35 atom stereocenters. The maximum Gasteiger partial charge on any atom is 0.251 e. The molecular weight excluding hydrogens is 1380 g/mol. The number of amides is 1. The first-order chi connectivity index (χ1) is 48.5. The van der Waals surface area contributed by atoms with E-state index in [-0.39, 0.29) is 63.3 Å². The molecular formula is C59H93NO41. The third-order valence-electron chi connectivity index (χ3n) is 18.4. The van der Waals surface area contributed by atoms with E-state index in [1.807, 2.05) is 0 Å². The van der Waals surface area contributed by atoms with Gasteiger partial charge in [-0.25, -0.2) is 0 Å². The minimum absolute atomic E-state index is 0.0249. The maximum atomic E-state index is 14.2. The zero-order chi connectivity index (χ0) is 72.5. The molecule has 42 nitrogen and oxygen atoms in total. The molecule has 14 bridgehead atoms. The van der Waals surface area contributed by atoms with Crippen LogP contribution in [-0.2, 0) is 85.3 Å². The van der Waals surface area contributed by atoms with Crippen molar-refractivity contribution in [3.8, 4) is 11.5 Å². The van der Waals surface area contributed by atoms with Gasteiger partial charge in [0.05, 0.1) is 92.5 Å². The lowest BCUT2D eigenvalue weighted by Gasteiger charge is -2.50. The Bertz CT molecular complexity index is 2650. The monoisotopic (exact) mass is 1470 g/mol. The molecule has 0 unspecified atom stereocenters. The van der Waals surface area contributed by atoms with Crippen LogP contribution in [0.4, 0.5) is 0 Å². The predicted octanol–water partition coefficient (Wildman–Crippen LogP) is -14.0. The molecule has 21 saturated heterocycles. The van der Waals surface area contributed by atoms with Crippen molar-refractivity contribution in [1.82, 2.24) is 5.32 Å². The quantitative estimate of drug-likeness (QED) is 0.109. The fourth-order valence-corrected chi connectivity index (χ4v) is 12.8. The summed E-state index contributed by atoms with van der Waals surface area (Å²) in [6.45, 7) is -5.28. The number of rotatable bonds is 9. The van der Waals surface area contributed by atoms with Crippen molar-refractivity contribution >= 4 is 5.91 Å². The average Bonchev–Trinajstić information content (AvgIpc) is 0.786. The first-order valence-corrected chi connectivity index (χ1v) is 32.9. The minimum atomic E-state index is -2.32. The summed E-state index contributed by atoms with van der Waals surface area (Å²) >= 11 is 0. The van der Waals surface area contributed by atoms with Gasteiger partial charge in [0.1, 0.15) is 184 Å². The molecule has 21 fully saturated rings. The first kappa shape index (κ1) is 80.3. The summed E-state index contributed by atoms with van der Waals surface area (Å²) in [6.07, 6.45) is -72.5. The highest BCUT2D eigenvalue weighted by atomic mass is 16.8. The molecule has 0 aliphatic carbocycles. The largest absolute Gasteiger partial charge is 0.487 e. The van der Waals surface area contributed by atoms with Crippen LogP contribution in [0.5, 0.6) is 11.5 Å². The summed E-state index contributed by atoms with van der Waals surface area (Å²) in [7, 11) is 0. The lowest BCUT2D eigenvalue weighted by molar-refractivity contribution is -0.396. The van der Waals surface area contributed by atoms with E-state index in [1.165, 1.54) is 18.2 Å². The van der Waals surface area contributed by atoms with E-state index >= 15 is 0 Å². The van der Waals surface area contributed by atoms with Gasteiger partial charge in [0, 0.05) is 12.1 Å². The number of carbonyl (C=O) groups is 1. The number of hydrogen-bond donors (Lipinski definition) is 21. The second kappa shape index (κ2) is 37.1. The van der Waals surface area contributed by atoms with Crippen molar-refractivity contribution in [1.29, 1.82) is 0 Å². The fourth-order valence-electron chi connectivity index (χ4n) is 12.8. The van der Waals surface area contributed by atoms with Crippen molar-refractivity contribution < 1.29 is 202 Å². The Morgan fingerprint density at radius 1 is 0.287 bits per heavy atom. The van der Waals surface area contributed by atoms with Crippen LogP contribution in [0.15, 0.2) is 18.2 Å². The molecule has 23 rings (SSSR count). The van der Waals surface area contributed by atoms with Gasteiger partial charge in [-0.2, -0.15) is 0 Å². The van der Waals surface area contributed by atoms with Crippen LogP contribution < -0.4 is 14.8 Å². The smallest absolute Gasteiger partial charge is 0.251 e. The Kier molecular flexibility index (Phi) is 29.5. The molecule has 0 spiro atoms. The van der Waals surface area contributed by atoms with Gasteiger partial charge in [0.15, 0.2) is 55.5 Å². The maximum absolute atomic E-state index is 14.2. The molecule has 22 aliphatic rings. The highest BCUT2D eigenvalue weighted by molar-refractivity contribution is 5.94. The molecule has 0 aromatic heterocycles. The molecule has 22 heterocycles. The van der Waals surface area contributed by atoms with E-state index in [0.29, 0.717) is 19.8 Å². The second-order valence-corrected chi connectivity index (χ2v) is 25.0. The topological polar surface area (TPSA) is 618 Å². The van der Waals surface area contributed by atoms with Gasteiger partial charge >= 0.3 is 0 Å². The van der Waals surface area contributed by atoms with Gasteiger partial charge < -0.3 is 202 Å². The minimum Gasteiger partial charge on any atom is -0.487 e. The summed E-state index contributed by atoms with van der Waals surface area (Å²) in [4.78, 5) is 14.2. The number of hydrogen-bond acceptors (Lipinski definition) is 41. The molecule has 1 amide bonds. The van der Waals surface area contributed by atoms with Crippen molar-refractivity contribution in [3.63, 3.8) is 0 Å². The summed E-state index contributed by atoms with van der Waals surface area (Å²) in [5.41, 5.74) is -0.0665. The van der Waals surface area contributed by atoms with Crippen LogP contribution in [0.25, 0.3) is 0 Å².